The van der Waals surface area contributed by atoms with Gasteiger partial charge in [-0.3, -0.25) is 14.4 Å². The predicted molar refractivity (Wildman–Crippen MR) is 228 cm³/mol. The Morgan fingerprint density at radius 2 is 0.463 bits per heavy atom. The topological polar surface area (TPSA) is 78.9 Å². The molecule has 0 amide bonds. The molecule has 0 rings (SSSR count). The lowest BCUT2D eigenvalue weighted by atomic mass is 10.1. The summed E-state index contributed by atoms with van der Waals surface area (Å²) in [6.07, 6.45) is 42.8. The minimum Gasteiger partial charge on any atom is -0.388 e. The van der Waals surface area contributed by atoms with Gasteiger partial charge in [-0.1, -0.05) is 233 Å². The average Bonchev–Trinajstić information content (AvgIpc) is 3.15. The van der Waals surface area contributed by atoms with E-state index >= 15 is 0 Å². The van der Waals surface area contributed by atoms with Gasteiger partial charge in [0.05, 0.1) is 6.42 Å². The van der Waals surface area contributed by atoms with Crippen molar-refractivity contribution in [1.82, 2.24) is 0 Å². The van der Waals surface area contributed by atoms with Crippen LogP contribution in [0.2, 0.25) is 0 Å². The molecule has 0 radical (unpaired) electrons. The number of unbranched alkanes of at least 4 members (excludes halogenated alkanes) is 32. The van der Waals surface area contributed by atoms with Crippen LogP contribution in [0, 0.1) is 0 Å². The van der Waals surface area contributed by atoms with E-state index in [-0.39, 0.29) is 25.7 Å². The molecule has 0 fully saturated rings. The monoisotopic (exact) mass is 765 g/mol. The van der Waals surface area contributed by atoms with Crippen molar-refractivity contribution in [3.05, 3.63) is 0 Å². The number of carbonyl (C=O) groups excluding carboxylic acids is 3. The Morgan fingerprint density at radius 1 is 0.278 bits per heavy atom. The first kappa shape index (κ1) is 52.4. The molecule has 0 aromatic heterocycles. The quantitative estimate of drug-likeness (QED) is 0.0349. The molecule has 0 bridgehead atoms. The molecule has 0 aliphatic heterocycles. The molecule has 0 saturated carbocycles. The Hall–Kier alpha value is -1.59. The third-order valence-electron chi connectivity index (χ3n) is 10.8. The van der Waals surface area contributed by atoms with Gasteiger partial charge in [0.15, 0.2) is 0 Å². The molecule has 0 N–H and O–H groups in total. The van der Waals surface area contributed by atoms with E-state index < -0.39 is 23.9 Å². The van der Waals surface area contributed by atoms with Crippen LogP contribution >= 0.6 is 0 Å². The van der Waals surface area contributed by atoms with Crippen molar-refractivity contribution in [2.45, 2.75) is 291 Å². The van der Waals surface area contributed by atoms with Crippen LogP contribution in [-0.4, -0.2) is 23.9 Å². The number of hydrogen-bond donors (Lipinski definition) is 0. The first-order valence-electron chi connectivity index (χ1n) is 24.1. The Bertz CT molecular complexity index is 728. The molecule has 0 aliphatic rings. The number of hydrogen-bond acceptors (Lipinski definition) is 6. The number of ether oxygens (including phenoxy) is 3. The zero-order valence-corrected chi connectivity index (χ0v) is 36.7. The molecule has 0 aromatic rings. The predicted octanol–water partition coefficient (Wildman–Crippen LogP) is 16.0. The summed E-state index contributed by atoms with van der Waals surface area (Å²) in [5.74, 6) is -3.32. The summed E-state index contributed by atoms with van der Waals surface area (Å²) in [5, 5.41) is 0. The fourth-order valence-corrected chi connectivity index (χ4v) is 7.28. The molecular formula is C48H92O6. The van der Waals surface area contributed by atoms with Gasteiger partial charge < -0.3 is 14.2 Å². The lowest BCUT2D eigenvalue weighted by Gasteiger charge is -2.31. The highest BCUT2D eigenvalue weighted by Crippen LogP contribution is 2.28. The highest BCUT2D eigenvalue weighted by atomic mass is 16.9. The van der Waals surface area contributed by atoms with E-state index in [1.54, 1.807) is 0 Å². The highest BCUT2D eigenvalue weighted by Gasteiger charge is 2.43. The van der Waals surface area contributed by atoms with Gasteiger partial charge in [-0.05, 0) is 25.7 Å². The Kier molecular flexibility index (Phi) is 39.8. The van der Waals surface area contributed by atoms with Crippen molar-refractivity contribution in [1.29, 1.82) is 0 Å². The normalized spacial score (nSPS) is 11.6. The lowest BCUT2D eigenvalue weighted by Crippen LogP contribution is -2.44. The molecule has 0 atom stereocenters. The van der Waals surface area contributed by atoms with Gasteiger partial charge in [0, 0.05) is 19.3 Å². The molecule has 54 heavy (non-hydrogen) atoms. The van der Waals surface area contributed by atoms with Crippen LogP contribution in [0.3, 0.4) is 0 Å². The number of rotatable bonds is 43. The van der Waals surface area contributed by atoms with Crippen LogP contribution in [0.4, 0.5) is 0 Å². The molecule has 320 valence electrons. The summed E-state index contributed by atoms with van der Waals surface area (Å²) in [6.45, 7) is 8.85. The molecule has 0 unspecified atom stereocenters. The van der Waals surface area contributed by atoms with E-state index in [4.69, 9.17) is 14.2 Å². The zero-order chi connectivity index (χ0) is 39.6. The van der Waals surface area contributed by atoms with Crippen LogP contribution in [0.1, 0.15) is 285 Å². The van der Waals surface area contributed by atoms with E-state index in [1.165, 1.54) is 154 Å². The highest BCUT2D eigenvalue weighted by molar-refractivity contribution is 5.74. The number of esters is 3. The van der Waals surface area contributed by atoms with Crippen LogP contribution in [0.5, 0.6) is 0 Å². The minimum absolute atomic E-state index is 0.179. The van der Waals surface area contributed by atoms with E-state index in [1.807, 2.05) is 0 Å². The van der Waals surface area contributed by atoms with Crippen molar-refractivity contribution >= 4 is 17.9 Å². The SMILES string of the molecule is CCCCCCCCCCCCCC(=O)OC(CCCCC)(OC(=O)CCCCCCCCCCCCC)OC(=O)CCCCCCCCCCCCC. The summed E-state index contributed by atoms with van der Waals surface area (Å²) in [4.78, 5) is 39.7. The fourth-order valence-electron chi connectivity index (χ4n) is 7.28. The van der Waals surface area contributed by atoms with Gasteiger partial charge in [0.25, 0.3) is 0 Å². The maximum atomic E-state index is 13.2. The Balaban J connectivity index is 4.99. The summed E-state index contributed by atoms with van der Waals surface area (Å²) < 4.78 is 17.7. The molecule has 0 spiro atoms. The second-order valence-corrected chi connectivity index (χ2v) is 16.4. The molecule has 0 aliphatic carbocycles. The summed E-state index contributed by atoms with van der Waals surface area (Å²) >= 11 is 0. The first-order chi connectivity index (χ1) is 26.4. The van der Waals surface area contributed by atoms with Gasteiger partial charge >= 0.3 is 23.9 Å². The maximum Gasteiger partial charge on any atom is 0.423 e. The van der Waals surface area contributed by atoms with Crippen LogP contribution in [0.25, 0.3) is 0 Å². The van der Waals surface area contributed by atoms with Crippen molar-refractivity contribution in [2.75, 3.05) is 0 Å². The smallest absolute Gasteiger partial charge is 0.388 e. The van der Waals surface area contributed by atoms with E-state index in [0.29, 0.717) is 6.42 Å². The lowest BCUT2D eigenvalue weighted by molar-refractivity contribution is -0.333. The van der Waals surface area contributed by atoms with E-state index in [2.05, 4.69) is 27.7 Å². The van der Waals surface area contributed by atoms with Gasteiger partial charge in [0.2, 0.25) is 0 Å². The zero-order valence-electron chi connectivity index (χ0n) is 36.7. The van der Waals surface area contributed by atoms with Crippen molar-refractivity contribution in [3.63, 3.8) is 0 Å². The van der Waals surface area contributed by atoms with Crippen molar-refractivity contribution in [3.8, 4) is 0 Å². The molecule has 0 aromatic carbocycles. The Labute approximate surface area is 336 Å². The van der Waals surface area contributed by atoms with Crippen molar-refractivity contribution in [2.24, 2.45) is 0 Å². The first-order valence-corrected chi connectivity index (χ1v) is 24.1. The van der Waals surface area contributed by atoms with E-state index in [0.717, 1.165) is 70.6 Å². The van der Waals surface area contributed by atoms with Crippen molar-refractivity contribution < 1.29 is 28.6 Å². The van der Waals surface area contributed by atoms with Crippen LogP contribution in [0.15, 0.2) is 0 Å². The van der Waals surface area contributed by atoms with Crippen LogP contribution < -0.4 is 0 Å². The summed E-state index contributed by atoms with van der Waals surface area (Å²) in [7, 11) is 0. The third kappa shape index (κ3) is 36.1. The van der Waals surface area contributed by atoms with Gasteiger partial charge in [-0.25, -0.2) is 0 Å². The van der Waals surface area contributed by atoms with Gasteiger partial charge in [-0.15, -0.1) is 0 Å². The number of carbonyl (C=O) groups is 3. The molecule has 0 saturated heterocycles. The molecule has 6 nitrogen and oxygen atoms in total. The maximum absolute atomic E-state index is 13.2. The third-order valence-corrected chi connectivity index (χ3v) is 10.8. The molecular weight excluding hydrogens is 673 g/mol. The summed E-state index contributed by atoms with van der Waals surface area (Å²) in [5.41, 5.74) is 0. The largest absolute Gasteiger partial charge is 0.423 e. The Morgan fingerprint density at radius 3 is 0.685 bits per heavy atom. The molecule has 6 heteroatoms. The second kappa shape index (κ2) is 41.1. The van der Waals surface area contributed by atoms with Gasteiger partial charge in [-0.2, -0.15) is 0 Å². The average molecular weight is 765 g/mol. The minimum atomic E-state index is -1.96. The van der Waals surface area contributed by atoms with Gasteiger partial charge in [0.1, 0.15) is 0 Å². The standard InChI is InChI=1S/C48H92O6/c1-5-9-13-16-19-22-25-28-31-34-37-41-45(49)52-48(44-40-12-8-4,53-46(50)42-38-35-32-29-26-23-20-17-14-10-6-2)54-47(51)43-39-36-33-30-27-24-21-18-15-11-7-3/h5-44H2,1-4H3. The second-order valence-electron chi connectivity index (χ2n) is 16.4. The fraction of sp³-hybridized carbons (Fsp3) is 0.938. The summed E-state index contributed by atoms with van der Waals surface area (Å²) in [6, 6.07) is 0. The van der Waals surface area contributed by atoms with E-state index in [9.17, 15) is 14.4 Å². The van der Waals surface area contributed by atoms with Crippen LogP contribution in [-0.2, 0) is 28.6 Å². The molecule has 0 heterocycles.